The van der Waals surface area contributed by atoms with Crippen LogP contribution in [0.15, 0.2) is 18.2 Å². The van der Waals surface area contributed by atoms with Crippen LogP contribution in [0.3, 0.4) is 0 Å². The second-order valence-corrected chi connectivity index (χ2v) is 8.94. The maximum Gasteiger partial charge on any atom is 0.410 e. The standard InChI is InChI=1S/C19H28N2O2/c1-18(2,3)15-9-7-8-14(20-15)16-12-10-21(11-13(12)16)17(22)23-19(4,5)6/h7-9,12-13,16H,10-11H2,1-6H3/t12-,13+,16?. The first-order chi connectivity index (χ1) is 10.6. The zero-order valence-electron chi connectivity index (χ0n) is 15.1. The Morgan fingerprint density at radius 3 is 2.26 bits per heavy atom. The zero-order chi connectivity index (χ0) is 17.0. The van der Waals surface area contributed by atoms with E-state index in [1.807, 2.05) is 25.7 Å². The number of rotatable bonds is 1. The van der Waals surface area contributed by atoms with Gasteiger partial charge in [-0.05, 0) is 44.7 Å². The Morgan fingerprint density at radius 2 is 1.74 bits per heavy atom. The van der Waals surface area contributed by atoms with Crippen molar-refractivity contribution in [1.29, 1.82) is 0 Å². The Bertz CT molecular complexity index is 601. The van der Waals surface area contributed by atoms with Crippen molar-refractivity contribution < 1.29 is 9.53 Å². The molecule has 1 aliphatic carbocycles. The van der Waals surface area contributed by atoms with E-state index in [2.05, 4.69) is 39.0 Å². The first-order valence-electron chi connectivity index (χ1n) is 8.51. The molecule has 0 aromatic carbocycles. The van der Waals surface area contributed by atoms with E-state index in [0.29, 0.717) is 17.8 Å². The monoisotopic (exact) mass is 316 g/mol. The summed E-state index contributed by atoms with van der Waals surface area (Å²) in [7, 11) is 0. The number of likely N-dealkylation sites (tertiary alicyclic amines) is 1. The summed E-state index contributed by atoms with van der Waals surface area (Å²) in [5, 5.41) is 0. The zero-order valence-corrected chi connectivity index (χ0v) is 15.1. The van der Waals surface area contributed by atoms with Gasteiger partial charge < -0.3 is 9.64 Å². The van der Waals surface area contributed by atoms with Gasteiger partial charge >= 0.3 is 6.09 Å². The second kappa shape index (κ2) is 5.22. The SMILES string of the molecule is CC(C)(C)OC(=O)N1C[C@@H]2C(c3cccc(C(C)(C)C)n3)[C@@H]2C1. The Kier molecular flexibility index (Phi) is 3.69. The molecule has 1 unspecified atom stereocenters. The van der Waals surface area contributed by atoms with Crippen molar-refractivity contribution in [3.8, 4) is 0 Å². The van der Waals surface area contributed by atoms with E-state index in [0.717, 1.165) is 18.8 Å². The van der Waals surface area contributed by atoms with E-state index in [1.165, 1.54) is 5.69 Å². The van der Waals surface area contributed by atoms with Crippen molar-refractivity contribution in [2.24, 2.45) is 11.8 Å². The number of carbonyl (C=O) groups is 1. The molecule has 0 N–H and O–H groups in total. The van der Waals surface area contributed by atoms with Gasteiger partial charge in [0.25, 0.3) is 0 Å². The third-order valence-electron chi connectivity index (χ3n) is 4.73. The van der Waals surface area contributed by atoms with Crippen LogP contribution in [0.4, 0.5) is 4.79 Å². The first-order valence-corrected chi connectivity index (χ1v) is 8.51. The summed E-state index contributed by atoms with van der Waals surface area (Å²) in [6.07, 6.45) is -0.181. The molecule has 2 fully saturated rings. The van der Waals surface area contributed by atoms with Crippen molar-refractivity contribution in [2.45, 2.75) is 58.5 Å². The molecule has 2 heterocycles. The number of hydrogen-bond acceptors (Lipinski definition) is 3. The summed E-state index contributed by atoms with van der Waals surface area (Å²) in [4.78, 5) is 18.9. The fourth-order valence-corrected chi connectivity index (χ4v) is 3.50. The molecule has 23 heavy (non-hydrogen) atoms. The summed E-state index contributed by atoms with van der Waals surface area (Å²) in [5.41, 5.74) is 1.98. The van der Waals surface area contributed by atoms with Gasteiger partial charge in [-0.25, -0.2) is 4.79 Å². The average Bonchev–Trinajstić information content (AvgIpc) is 2.90. The number of piperidine rings is 1. The summed E-state index contributed by atoms with van der Waals surface area (Å²) in [6, 6.07) is 6.35. The number of fused-ring (bicyclic) bond motifs is 1. The van der Waals surface area contributed by atoms with Crippen molar-refractivity contribution in [3.63, 3.8) is 0 Å². The molecule has 0 spiro atoms. The Balaban J connectivity index is 1.63. The molecule has 1 amide bonds. The number of aromatic nitrogens is 1. The lowest BCUT2D eigenvalue weighted by molar-refractivity contribution is 0.0270. The maximum absolute atomic E-state index is 12.1. The minimum Gasteiger partial charge on any atom is -0.444 e. The highest BCUT2D eigenvalue weighted by molar-refractivity contribution is 5.69. The number of pyridine rings is 1. The molecule has 2 aliphatic rings. The van der Waals surface area contributed by atoms with Crippen molar-refractivity contribution in [1.82, 2.24) is 9.88 Å². The lowest BCUT2D eigenvalue weighted by atomic mass is 9.91. The molecule has 1 aromatic rings. The van der Waals surface area contributed by atoms with Gasteiger partial charge in [0.15, 0.2) is 0 Å². The summed E-state index contributed by atoms with van der Waals surface area (Å²) >= 11 is 0. The van der Waals surface area contributed by atoms with Crippen molar-refractivity contribution >= 4 is 6.09 Å². The van der Waals surface area contributed by atoms with Crippen LogP contribution in [0, 0.1) is 11.8 Å². The molecular formula is C19H28N2O2. The van der Waals surface area contributed by atoms with Gasteiger partial charge in [0.2, 0.25) is 0 Å². The molecule has 126 valence electrons. The highest BCUT2D eigenvalue weighted by Gasteiger charge is 2.58. The normalized spacial score (nSPS) is 26.9. The Labute approximate surface area is 139 Å². The minimum absolute atomic E-state index is 0.0720. The van der Waals surface area contributed by atoms with Crippen LogP contribution in [-0.2, 0) is 10.2 Å². The van der Waals surface area contributed by atoms with Gasteiger partial charge in [-0.1, -0.05) is 26.8 Å². The molecule has 3 rings (SSSR count). The minimum atomic E-state index is -0.425. The van der Waals surface area contributed by atoms with Crippen LogP contribution < -0.4 is 0 Å². The van der Waals surface area contributed by atoms with Gasteiger partial charge in [-0.15, -0.1) is 0 Å². The third kappa shape index (κ3) is 3.36. The van der Waals surface area contributed by atoms with E-state index in [-0.39, 0.29) is 11.5 Å². The molecule has 4 nitrogen and oxygen atoms in total. The molecule has 1 aliphatic heterocycles. The van der Waals surface area contributed by atoms with Crippen LogP contribution >= 0.6 is 0 Å². The Hall–Kier alpha value is -1.58. The molecule has 4 heteroatoms. The number of nitrogens with zero attached hydrogens (tertiary/aromatic N) is 2. The maximum atomic E-state index is 12.1. The summed E-state index contributed by atoms with van der Waals surface area (Å²) < 4.78 is 5.47. The molecular weight excluding hydrogens is 288 g/mol. The van der Waals surface area contributed by atoms with Gasteiger partial charge in [0, 0.05) is 35.8 Å². The first kappa shape index (κ1) is 16.3. The smallest absolute Gasteiger partial charge is 0.410 e. The summed E-state index contributed by atoms with van der Waals surface area (Å²) in [5.74, 6) is 1.60. The van der Waals surface area contributed by atoms with Crippen LogP contribution in [0.5, 0.6) is 0 Å². The molecule has 1 saturated carbocycles. The van der Waals surface area contributed by atoms with Gasteiger partial charge in [-0.2, -0.15) is 0 Å². The van der Waals surface area contributed by atoms with E-state index < -0.39 is 5.60 Å². The predicted molar refractivity (Wildman–Crippen MR) is 90.5 cm³/mol. The topological polar surface area (TPSA) is 42.4 Å². The number of hydrogen-bond donors (Lipinski definition) is 0. The lowest BCUT2D eigenvalue weighted by Gasteiger charge is -2.26. The largest absolute Gasteiger partial charge is 0.444 e. The van der Waals surface area contributed by atoms with Crippen molar-refractivity contribution in [2.75, 3.05) is 13.1 Å². The van der Waals surface area contributed by atoms with Gasteiger partial charge in [0.1, 0.15) is 5.60 Å². The van der Waals surface area contributed by atoms with Crippen LogP contribution in [0.25, 0.3) is 0 Å². The molecule has 0 bridgehead atoms. The van der Waals surface area contributed by atoms with Crippen molar-refractivity contribution in [3.05, 3.63) is 29.6 Å². The number of carbonyl (C=O) groups excluding carboxylic acids is 1. The fourth-order valence-electron chi connectivity index (χ4n) is 3.50. The lowest BCUT2D eigenvalue weighted by Crippen LogP contribution is -2.36. The van der Waals surface area contributed by atoms with Crippen LogP contribution in [0.2, 0.25) is 0 Å². The fraction of sp³-hybridized carbons (Fsp3) is 0.684. The molecule has 1 saturated heterocycles. The highest BCUT2D eigenvalue weighted by Crippen LogP contribution is 2.57. The van der Waals surface area contributed by atoms with Crippen LogP contribution in [-0.4, -0.2) is 34.7 Å². The Morgan fingerprint density at radius 1 is 1.13 bits per heavy atom. The second-order valence-electron chi connectivity index (χ2n) is 8.94. The molecule has 1 aromatic heterocycles. The van der Waals surface area contributed by atoms with Gasteiger partial charge in [-0.3, -0.25) is 4.98 Å². The molecule has 0 radical (unpaired) electrons. The number of ether oxygens (including phenoxy) is 1. The van der Waals surface area contributed by atoms with E-state index >= 15 is 0 Å². The quantitative estimate of drug-likeness (QED) is 0.787. The van der Waals surface area contributed by atoms with E-state index in [4.69, 9.17) is 9.72 Å². The number of amides is 1. The van der Waals surface area contributed by atoms with E-state index in [9.17, 15) is 4.79 Å². The van der Waals surface area contributed by atoms with E-state index in [1.54, 1.807) is 0 Å². The summed E-state index contributed by atoms with van der Waals surface area (Å²) in [6.45, 7) is 13.9. The predicted octanol–water partition coefficient (Wildman–Crippen LogP) is 3.96. The highest BCUT2D eigenvalue weighted by atomic mass is 16.6. The van der Waals surface area contributed by atoms with Crippen LogP contribution in [0.1, 0.15) is 58.8 Å². The van der Waals surface area contributed by atoms with Gasteiger partial charge in [0.05, 0.1) is 0 Å². The molecule has 3 atom stereocenters. The average molecular weight is 316 g/mol. The third-order valence-corrected chi connectivity index (χ3v) is 4.73.